The SMILES string of the molecule is COc1ccc(CN=C(N)NCCSc2ccc(F)cc2)cc1OC. The molecule has 5 nitrogen and oxygen atoms in total. The van der Waals surface area contributed by atoms with Gasteiger partial charge in [0.05, 0.1) is 20.8 Å². The maximum Gasteiger partial charge on any atom is 0.188 e. The minimum atomic E-state index is -0.228. The number of rotatable bonds is 8. The van der Waals surface area contributed by atoms with Gasteiger partial charge < -0.3 is 20.5 Å². The molecule has 0 aromatic heterocycles. The molecule has 3 N–H and O–H groups in total. The van der Waals surface area contributed by atoms with Crippen LogP contribution in [0.1, 0.15) is 5.56 Å². The Kier molecular flexibility index (Phi) is 7.40. The number of ether oxygens (including phenoxy) is 2. The fourth-order valence-corrected chi connectivity index (χ4v) is 2.86. The van der Waals surface area contributed by atoms with Crippen molar-refractivity contribution in [2.45, 2.75) is 11.4 Å². The lowest BCUT2D eigenvalue weighted by Crippen LogP contribution is -2.33. The Bertz CT molecular complexity index is 708. The van der Waals surface area contributed by atoms with Gasteiger partial charge in [0.15, 0.2) is 17.5 Å². The Morgan fingerprint density at radius 1 is 1.12 bits per heavy atom. The quantitative estimate of drug-likeness (QED) is 0.327. The van der Waals surface area contributed by atoms with Crippen molar-refractivity contribution in [3.05, 3.63) is 53.8 Å². The van der Waals surface area contributed by atoms with Gasteiger partial charge in [0.25, 0.3) is 0 Å². The summed E-state index contributed by atoms with van der Waals surface area (Å²) in [4.78, 5) is 5.33. The number of hydrogen-bond acceptors (Lipinski definition) is 4. The summed E-state index contributed by atoms with van der Waals surface area (Å²) in [5.41, 5.74) is 6.85. The molecule has 0 aliphatic rings. The average molecular weight is 363 g/mol. The summed E-state index contributed by atoms with van der Waals surface area (Å²) in [7, 11) is 3.20. The van der Waals surface area contributed by atoms with E-state index in [0.29, 0.717) is 30.5 Å². The number of methoxy groups -OCH3 is 2. The number of benzene rings is 2. The normalized spacial score (nSPS) is 11.2. The Morgan fingerprint density at radius 2 is 1.84 bits per heavy atom. The first-order valence-electron chi connectivity index (χ1n) is 7.75. The Balaban J connectivity index is 1.76. The number of hydrogen-bond donors (Lipinski definition) is 2. The van der Waals surface area contributed by atoms with Gasteiger partial charge >= 0.3 is 0 Å². The Morgan fingerprint density at radius 3 is 2.52 bits per heavy atom. The van der Waals surface area contributed by atoms with Crippen molar-refractivity contribution in [3.8, 4) is 11.5 Å². The first-order chi connectivity index (χ1) is 12.1. The summed E-state index contributed by atoms with van der Waals surface area (Å²) in [5, 5.41) is 3.06. The molecule has 0 fully saturated rings. The fourth-order valence-electron chi connectivity index (χ4n) is 2.09. The first-order valence-corrected chi connectivity index (χ1v) is 8.74. The number of nitrogens with zero attached hydrogens (tertiary/aromatic N) is 1. The van der Waals surface area contributed by atoms with E-state index in [0.717, 1.165) is 16.2 Å². The zero-order chi connectivity index (χ0) is 18.1. The lowest BCUT2D eigenvalue weighted by Gasteiger charge is -2.09. The molecule has 0 radical (unpaired) electrons. The van der Waals surface area contributed by atoms with Crippen LogP contribution in [-0.4, -0.2) is 32.5 Å². The summed E-state index contributed by atoms with van der Waals surface area (Å²) in [6, 6.07) is 12.1. The van der Waals surface area contributed by atoms with Crippen molar-refractivity contribution in [1.29, 1.82) is 0 Å². The van der Waals surface area contributed by atoms with Crippen LogP contribution in [0.3, 0.4) is 0 Å². The molecule has 0 aliphatic heterocycles. The second-order valence-corrected chi connectivity index (χ2v) is 6.29. The van der Waals surface area contributed by atoms with Gasteiger partial charge in [0.1, 0.15) is 5.82 Å². The van der Waals surface area contributed by atoms with Crippen LogP contribution >= 0.6 is 11.8 Å². The van der Waals surface area contributed by atoms with Crippen molar-refractivity contribution in [1.82, 2.24) is 5.32 Å². The number of nitrogens with two attached hydrogens (primary N) is 1. The molecule has 7 heteroatoms. The summed E-state index contributed by atoms with van der Waals surface area (Å²) in [6.45, 7) is 1.12. The number of nitrogens with one attached hydrogen (secondary N) is 1. The minimum Gasteiger partial charge on any atom is -0.493 e. The molecule has 2 aromatic rings. The van der Waals surface area contributed by atoms with E-state index in [-0.39, 0.29) is 5.82 Å². The third kappa shape index (κ3) is 6.19. The highest BCUT2D eigenvalue weighted by Crippen LogP contribution is 2.27. The second kappa shape index (κ2) is 9.78. The van der Waals surface area contributed by atoms with E-state index in [2.05, 4.69) is 10.3 Å². The molecule has 134 valence electrons. The Hall–Kier alpha value is -2.41. The molecule has 0 amide bonds. The van der Waals surface area contributed by atoms with Crippen LogP contribution in [0.25, 0.3) is 0 Å². The van der Waals surface area contributed by atoms with E-state index in [1.54, 1.807) is 38.1 Å². The molecule has 2 aromatic carbocycles. The number of guanidine groups is 1. The van der Waals surface area contributed by atoms with Crippen LogP contribution < -0.4 is 20.5 Å². The number of aliphatic imine (C=N–C) groups is 1. The molecule has 0 bridgehead atoms. The van der Waals surface area contributed by atoms with E-state index in [9.17, 15) is 4.39 Å². The molecule has 0 unspecified atom stereocenters. The van der Waals surface area contributed by atoms with Crippen molar-refractivity contribution in [3.63, 3.8) is 0 Å². The van der Waals surface area contributed by atoms with Crippen molar-refractivity contribution in [2.24, 2.45) is 10.7 Å². The van der Waals surface area contributed by atoms with Crippen molar-refractivity contribution < 1.29 is 13.9 Å². The van der Waals surface area contributed by atoms with Crippen LogP contribution in [0.5, 0.6) is 11.5 Å². The van der Waals surface area contributed by atoms with Gasteiger partial charge in [-0.15, -0.1) is 11.8 Å². The Labute approximate surface area is 151 Å². The van der Waals surface area contributed by atoms with Crippen molar-refractivity contribution >= 4 is 17.7 Å². The summed E-state index contributed by atoms with van der Waals surface area (Å²) >= 11 is 1.62. The van der Waals surface area contributed by atoms with Gasteiger partial charge in [-0.3, -0.25) is 0 Å². The molecule has 0 spiro atoms. The van der Waals surface area contributed by atoms with Gasteiger partial charge in [-0.05, 0) is 42.0 Å². The lowest BCUT2D eigenvalue weighted by molar-refractivity contribution is 0.354. The lowest BCUT2D eigenvalue weighted by atomic mass is 10.2. The smallest absolute Gasteiger partial charge is 0.188 e. The highest BCUT2D eigenvalue weighted by Gasteiger charge is 2.04. The fraction of sp³-hybridized carbons (Fsp3) is 0.278. The zero-order valence-corrected chi connectivity index (χ0v) is 15.1. The standard InChI is InChI=1S/C18H22FN3O2S/c1-23-16-8-3-13(11-17(16)24-2)12-22-18(20)21-9-10-25-15-6-4-14(19)5-7-15/h3-8,11H,9-10,12H2,1-2H3,(H3,20,21,22). The summed E-state index contributed by atoms with van der Waals surface area (Å²) < 4.78 is 23.3. The molecule has 0 aliphatic carbocycles. The maximum atomic E-state index is 12.8. The molecule has 25 heavy (non-hydrogen) atoms. The highest BCUT2D eigenvalue weighted by molar-refractivity contribution is 7.99. The third-order valence-electron chi connectivity index (χ3n) is 3.37. The van der Waals surface area contributed by atoms with E-state index in [1.807, 2.05) is 18.2 Å². The van der Waals surface area contributed by atoms with Crippen LogP contribution in [0.15, 0.2) is 52.4 Å². The van der Waals surface area contributed by atoms with Gasteiger partial charge in [-0.1, -0.05) is 6.07 Å². The van der Waals surface area contributed by atoms with E-state index in [4.69, 9.17) is 15.2 Å². The predicted octanol–water partition coefficient (Wildman–Crippen LogP) is 3.04. The summed E-state index contributed by atoms with van der Waals surface area (Å²) in [6.07, 6.45) is 0. The van der Waals surface area contributed by atoms with E-state index >= 15 is 0 Å². The summed E-state index contributed by atoms with van der Waals surface area (Å²) in [5.74, 6) is 2.30. The van der Waals surface area contributed by atoms with Gasteiger partial charge in [-0.25, -0.2) is 9.38 Å². The van der Waals surface area contributed by atoms with E-state index in [1.165, 1.54) is 12.1 Å². The number of halogens is 1. The first kappa shape index (κ1) is 18.9. The van der Waals surface area contributed by atoms with Gasteiger partial charge in [-0.2, -0.15) is 0 Å². The largest absolute Gasteiger partial charge is 0.493 e. The van der Waals surface area contributed by atoms with Crippen LogP contribution in [0.4, 0.5) is 4.39 Å². The van der Waals surface area contributed by atoms with Crippen LogP contribution in [0.2, 0.25) is 0 Å². The van der Waals surface area contributed by atoms with Crippen LogP contribution in [-0.2, 0) is 6.54 Å². The second-order valence-electron chi connectivity index (χ2n) is 5.12. The van der Waals surface area contributed by atoms with Gasteiger partial charge in [0, 0.05) is 17.2 Å². The molecule has 2 rings (SSSR count). The van der Waals surface area contributed by atoms with Crippen LogP contribution in [0, 0.1) is 5.82 Å². The minimum absolute atomic E-state index is 0.228. The molecular formula is C18H22FN3O2S. The molecule has 0 saturated heterocycles. The van der Waals surface area contributed by atoms with Crippen molar-refractivity contribution in [2.75, 3.05) is 26.5 Å². The maximum absolute atomic E-state index is 12.8. The zero-order valence-electron chi connectivity index (χ0n) is 14.3. The van der Waals surface area contributed by atoms with E-state index < -0.39 is 0 Å². The monoisotopic (exact) mass is 363 g/mol. The molecular weight excluding hydrogens is 341 g/mol. The predicted molar refractivity (Wildman–Crippen MR) is 100.0 cm³/mol. The third-order valence-corrected chi connectivity index (χ3v) is 4.38. The number of thioether (sulfide) groups is 1. The molecule has 0 saturated carbocycles. The average Bonchev–Trinajstić information content (AvgIpc) is 2.64. The molecule has 0 heterocycles. The molecule has 0 atom stereocenters. The highest BCUT2D eigenvalue weighted by atomic mass is 32.2. The topological polar surface area (TPSA) is 68.9 Å². The van der Waals surface area contributed by atoms with Gasteiger partial charge in [0.2, 0.25) is 0 Å².